The molecular formula is C14H24O4. The Labute approximate surface area is 109 Å². The van der Waals surface area contributed by atoms with Gasteiger partial charge in [-0.2, -0.15) is 0 Å². The van der Waals surface area contributed by atoms with Crippen molar-refractivity contribution in [2.45, 2.75) is 40.3 Å². The molecule has 4 heteroatoms. The van der Waals surface area contributed by atoms with Crippen LogP contribution in [0.2, 0.25) is 0 Å². The zero-order chi connectivity index (χ0) is 13.8. The second-order valence-corrected chi connectivity index (χ2v) is 3.56. The summed E-state index contributed by atoms with van der Waals surface area (Å²) in [4.78, 5) is 0. The number of aliphatic hydroxyl groups is 2. The lowest BCUT2D eigenvalue weighted by Gasteiger charge is -2.09. The Morgan fingerprint density at radius 1 is 0.944 bits per heavy atom. The van der Waals surface area contributed by atoms with Crippen molar-refractivity contribution < 1.29 is 19.7 Å². The number of aliphatic hydroxyl groups excluding tert-OH is 2. The van der Waals surface area contributed by atoms with Crippen LogP contribution >= 0.6 is 0 Å². The van der Waals surface area contributed by atoms with Gasteiger partial charge < -0.3 is 19.7 Å². The Morgan fingerprint density at radius 2 is 1.33 bits per heavy atom. The van der Waals surface area contributed by atoms with Gasteiger partial charge in [0.1, 0.15) is 0 Å². The summed E-state index contributed by atoms with van der Waals surface area (Å²) in [6.45, 7) is 7.24. The molecule has 0 aliphatic heterocycles. The zero-order valence-electron chi connectivity index (χ0n) is 11.4. The summed E-state index contributed by atoms with van der Waals surface area (Å²) in [5.41, 5.74) is 1.59. The van der Waals surface area contributed by atoms with Gasteiger partial charge >= 0.3 is 0 Å². The molecule has 104 valence electrons. The molecule has 18 heavy (non-hydrogen) atoms. The molecule has 0 aliphatic rings. The summed E-state index contributed by atoms with van der Waals surface area (Å²) in [6.07, 6.45) is -0.0370. The molecule has 1 aromatic rings. The van der Waals surface area contributed by atoms with Crippen LogP contribution in [0.15, 0.2) is 24.3 Å². The first-order valence-electron chi connectivity index (χ1n) is 6.21. The first-order valence-corrected chi connectivity index (χ1v) is 6.21. The minimum atomic E-state index is -0.0370. The van der Waals surface area contributed by atoms with Crippen LogP contribution in [0.5, 0.6) is 0 Å². The summed E-state index contributed by atoms with van der Waals surface area (Å²) < 4.78 is 10.1. The van der Waals surface area contributed by atoms with Crippen LogP contribution in [0, 0.1) is 0 Å². The van der Waals surface area contributed by atoms with Gasteiger partial charge in [-0.25, -0.2) is 0 Å². The van der Waals surface area contributed by atoms with E-state index in [0.717, 1.165) is 24.3 Å². The van der Waals surface area contributed by atoms with Gasteiger partial charge in [0.15, 0.2) is 6.29 Å². The van der Waals surface area contributed by atoms with E-state index in [1.54, 1.807) is 12.1 Å². The van der Waals surface area contributed by atoms with Gasteiger partial charge in [-0.1, -0.05) is 24.3 Å². The van der Waals surface area contributed by atoms with Crippen molar-refractivity contribution in [3.05, 3.63) is 35.4 Å². The van der Waals surface area contributed by atoms with Gasteiger partial charge in [0.2, 0.25) is 0 Å². The topological polar surface area (TPSA) is 58.9 Å². The maximum atomic E-state index is 8.74. The molecule has 0 aromatic heterocycles. The highest BCUT2D eigenvalue weighted by molar-refractivity contribution is 5.25. The predicted molar refractivity (Wildman–Crippen MR) is 71.0 cm³/mol. The molecule has 1 aromatic carbocycles. The van der Waals surface area contributed by atoms with Crippen LogP contribution in [0.25, 0.3) is 0 Å². The molecule has 0 fully saturated rings. The fourth-order valence-corrected chi connectivity index (χ4v) is 1.38. The van der Waals surface area contributed by atoms with Crippen molar-refractivity contribution in [1.29, 1.82) is 0 Å². The highest BCUT2D eigenvalue weighted by Gasteiger charge is 1.96. The average molecular weight is 256 g/mol. The molecule has 0 spiro atoms. The predicted octanol–water partition coefficient (Wildman–Crippen LogP) is 2.08. The second kappa shape index (κ2) is 11.2. The van der Waals surface area contributed by atoms with Gasteiger partial charge in [0.25, 0.3) is 0 Å². The molecule has 0 saturated carbocycles. The third-order valence-electron chi connectivity index (χ3n) is 2.26. The van der Waals surface area contributed by atoms with E-state index in [1.807, 2.05) is 32.9 Å². The smallest absolute Gasteiger partial charge is 0.154 e. The lowest BCUT2D eigenvalue weighted by molar-refractivity contribution is -0.123. The molecule has 0 radical (unpaired) electrons. The fourth-order valence-electron chi connectivity index (χ4n) is 1.38. The summed E-state index contributed by atoms with van der Waals surface area (Å²) in [5, 5.41) is 17.5. The number of hydrogen-bond donors (Lipinski definition) is 2. The van der Waals surface area contributed by atoms with Crippen LogP contribution in [0.1, 0.15) is 31.9 Å². The molecule has 0 atom stereocenters. The Bertz CT molecular complexity index is 273. The van der Waals surface area contributed by atoms with Crippen molar-refractivity contribution in [2.24, 2.45) is 0 Å². The van der Waals surface area contributed by atoms with E-state index in [-0.39, 0.29) is 19.5 Å². The van der Waals surface area contributed by atoms with Crippen LogP contribution < -0.4 is 0 Å². The molecule has 0 unspecified atom stereocenters. The molecule has 0 aliphatic carbocycles. The van der Waals surface area contributed by atoms with E-state index in [4.69, 9.17) is 19.7 Å². The van der Waals surface area contributed by atoms with Crippen LogP contribution in [-0.2, 0) is 22.7 Å². The lowest BCUT2D eigenvalue weighted by atomic mass is 10.1. The second-order valence-electron chi connectivity index (χ2n) is 3.56. The van der Waals surface area contributed by atoms with E-state index in [2.05, 4.69) is 0 Å². The van der Waals surface area contributed by atoms with Crippen molar-refractivity contribution >= 4 is 0 Å². The van der Waals surface area contributed by atoms with Gasteiger partial charge in [-0.15, -0.1) is 0 Å². The quantitative estimate of drug-likeness (QED) is 0.765. The fraction of sp³-hybridized carbons (Fsp3) is 0.571. The van der Waals surface area contributed by atoms with Gasteiger partial charge in [0.05, 0.1) is 13.2 Å². The number of ether oxygens (including phenoxy) is 2. The van der Waals surface area contributed by atoms with E-state index in [9.17, 15) is 0 Å². The highest BCUT2D eigenvalue weighted by atomic mass is 16.7. The van der Waals surface area contributed by atoms with Crippen molar-refractivity contribution in [3.63, 3.8) is 0 Å². The highest BCUT2D eigenvalue weighted by Crippen LogP contribution is 2.07. The third kappa shape index (κ3) is 7.40. The Morgan fingerprint density at radius 3 is 1.61 bits per heavy atom. The molecule has 2 N–H and O–H groups in total. The largest absolute Gasteiger partial charge is 0.392 e. The Kier molecular flexibility index (Phi) is 10.6. The SMILES string of the molecule is CCOC(C)OCC.OCc1ccccc1CO. The molecule has 1 rings (SSSR count). The van der Waals surface area contributed by atoms with Crippen LogP contribution in [0.3, 0.4) is 0 Å². The molecule has 0 amide bonds. The van der Waals surface area contributed by atoms with Gasteiger partial charge in [-0.3, -0.25) is 0 Å². The van der Waals surface area contributed by atoms with E-state index in [0.29, 0.717) is 0 Å². The molecule has 0 bridgehead atoms. The number of rotatable bonds is 6. The zero-order valence-corrected chi connectivity index (χ0v) is 11.4. The van der Waals surface area contributed by atoms with E-state index < -0.39 is 0 Å². The Balaban J connectivity index is 0.000000331. The van der Waals surface area contributed by atoms with Crippen molar-refractivity contribution in [1.82, 2.24) is 0 Å². The molecular weight excluding hydrogens is 232 g/mol. The third-order valence-corrected chi connectivity index (χ3v) is 2.26. The lowest BCUT2D eigenvalue weighted by Crippen LogP contribution is -2.11. The average Bonchev–Trinajstić information content (AvgIpc) is 2.40. The normalized spacial score (nSPS) is 10.1. The van der Waals surface area contributed by atoms with Gasteiger partial charge in [-0.05, 0) is 31.9 Å². The summed E-state index contributed by atoms with van der Waals surface area (Å²) in [7, 11) is 0. The summed E-state index contributed by atoms with van der Waals surface area (Å²) >= 11 is 0. The van der Waals surface area contributed by atoms with Crippen LogP contribution in [0.4, 0.5) is 0 Å². The minimum absolute atomic E-state index is 0.00324. The van der Waals surface area contributed by atoms with Crippen molar-refractivity contribution in [3.8, 4) is 0 Å². The van der Waals surface area contributed by atoms with Gasteiger partial charge in [0, 0.05) is 13.2 Å². The summed E-state index contributed by atoms with van der Waals surface area (Å²) in [5.74, 6) is 0. The maximum absolute atomic E-state index is 8.74. The minimum Gasteiger partial charge on any atom is -0.392 e. The van der Waals surface area contributed by atoms with E-state index >= 15 is 0 Å². The first kappa shape index (κ1) is 17.1. The standard InChI is InChI=1S/C8H10O2.C6H14O2/c9-5-7-3-1-2-4-8(7)6-10;1-4-7-6(3)8-5-2/h1-4,9-10H,5-6H2;6H,4-5H2,1-3H3. The van der Waals surface area contributed by atoms with E-state index in [1.165, 1.54) is 0 Å². The molecule has 4 nitrogen and oxygen atoms in total. The summed E-state index contributed by atoms with van der Waals surface area (Å²) in [6, 6.07) is 7.27. The number of benzene rings is 1. The van der Waals surface area contributed by atoms with Crippen molar-refractivity contribution in [2.75, 3.05) is 13.2 Å². The molecule has 0 heterocycles. The monoisotopic (exact) mass is 256 g/mol. The number of hydrogen-bond acceptors (Lipinski definition) is 4. The maximum Gasteiger partial charge on any atom is 0.154 e. The van der Waals surface area contributed by atoms with Crippen LogP contribution in [-0.4, -0.2) is 29.7 Å². The first-order chi connectivity index (χ1) is 8.69. The Hall–Kier alpha value is -0.940. The molecule has 0 saturated heterocycles.